The first-order valence-corrected chi connectivity index (χ1v) is 5.71. The molecule has 0 spiro atoms. The Labute approximate surface area is 94.2 Å². The van der Waals surface area contributed by atoms with Crippen molar-refractivity contribution in [2.75, 3.05) is 18.5 Å². The summed E-state index contributed by atoms with van der Waals surface area (Å²) >= 11 is 0. The van der Waals surface area contributed by atoms with Crippen LogP contribution in [0, 0.1) is 0 Å². The van der Waals surface area contributed by atoms with E-state index in [4.69, 9.17) is 4.74 Å². The van der Waals surface area contributed by atoms with Crippen LogP contribution in [0.2, 0.25) is 0 Å². The lowest BCUT2D eigenvalue weighted by Crippen LogP contribution is -2.26. The van der Waals surface area contributed by atoms with Crippen molar-refractivity contribution in [3.63, 3.8) is 0 Å². The van der Waals surface area contributed by atoms with E-state index >= 15 is 0 Å². The van der Waals surface area contributed by atoms with Gasteiger partial charge in [-0.3, -0.25) is 4.79 Å². The first kappa shape index (κ1) is 11.1. The third kappa shape index (κ3) is 2.09. The van der Waals surface area contributed by atoms with E-state index in [9.17, 15) is 4.79 Å². The molecule has 16 heavy (non-hydrogen) atoms. The molecule has 2 N–H and O–H groups in total. The number of hydrogen-bond acceptors (Lipinski definition) is 4. The molecule has 88 valence electrons. The fraction of sp³-hybridized carbons (Fsp3) is 0.636. The second-order valence-electron chi connectivity index (χ2n) is 3.91. The quantitative estimate of drug-likeness (QED) is 0.808. The third-order valence-corrected chi connectivity index (χ3v) is 2.73. The summed E-state index contributed by atoms with van der Waals surface area (Å²) in [6.07, 6.45) is 1.61. The lowest BCUT2D eigenvalue weighted by atomic mass is 10.1. The van der Waals surface area contributed by atoms with Crippen LogP contribution < -0.4 is 10.9 Å². The Morgan fingerprint density at radius 1 is 1.56 bits per heavy atom. The number of rotatable bonds is 3. The van der Waals surface area contributed by atoms with Crippen LogP contribution in [0.1, 0.15) is 37.8 Å². The van der Waals surface area contributed by atoms with Gasteiger partial charge in [-0.2, -0.15) is 0 Å². The van der Waals surface area contributed by atoms with E-state index in [1.165, 1.54) is 0 Å². The Morgan fingerprint density at radius 3 is 3.12 bits per heavy atom. The van der Waals surface area contributed by atoms with E-state index in [-0.39, 0.29) is 11.7 Å². The van der Waals surface area contributed by atoms with Crippen LogP contribution in [0.4, 0.5) is 5.82 Å². The topological polar surface area (TPSA) is 67.0 Å². The normalized spacial score (nSPS) is 16.4. The zero-order chi connectivity index (χ0) is 11.5. The number of nitrogens with one attached hydrogen (secondary N) is 2. The SMILES string of the molecule is CCOC(C)c1nc2c(c(=O)[nH]1)CCCN2. The van der Waals surface area contributed by atoms with Crippen LogP contribution in [0.15, 0.2) is 4.79 Å². The van der Waals surface area contributed by atoms with Gasteiger partial charge < -0.3 is 15.0 Å². The van der Waals surface area contributed by atoms with Crippen molar-refractivity contribution in [3.8, 4) is 0 Å². The maximum absolute atomic E-state index is 11.8. The summed E-state index contributed by atoms with van der Waals surface area (Å²) < 4.78 is 5.41. The fourth-order valence-corrected chi connectivity index (χ4v) is 1.89. The molecule has 0 saturated carbocycles. The summed E-state index contributed by atoms with van der Waals surface area (Å²) in [4.78, 5) is 19.0. The van der Waals surface area contributed by atoms with E-state index < -0.39 is 0 Å². The Kier molecular flexibility index (Phi) is 3.24. The summed E-state index contributed by atoms with van der Waals surface area (Å²) in [6, 6.07) is 0. The smallest absolute Gasteiger partial charge is 0.256 e. The molecule has 0 aromatic carbocycles. The van der Waals surface area contributed by atoms with Crippen molar-refractivity contribution in [1.29, 1.82) is 0 Å². The molecule has 0 bridgehead atoms. The zero-order valence-corrected chi connectivity index (χ0v) is 9.67. The minimum absolute atomic E-state index is 0.0428. The molecule has 2 heterocycles. The first-order chi connectivity index (χ1) is 7.72. The number of H-pyrrole nitrogens is 1. The van der Waals surface area contributed by atoms with E-state index in [0.717, 1.165) is 30.8 Å². The second kappa shape index (κ2) is 4.65. The van der Waals surface area contributed by atoms with Gasteiger partial charge in [0, 0.05) is 13.2 Å². The van der Waals surface area contributed by atoms with E-state index in [1.54, 1.807) is 0 Å². The number of nitrogens with zero attached hydrogens (tertiary/aromatic N) is 1. The Balaban J connectivity index is 2.35. The van der Waals surface area contributed by atoms with E-state index in [2.05, 4.69) is 15.3 Å². The van der Waals surface area contributed by atoms with E-state index in [0.29, 0.717) is 12.4 Å². The average molecular weight is 223 g/mol. The van der Waals surface area contributed by atoms with Crippen LogP contribution in [0.3, 0.4) is 0 Å². The van der Waals surface area contributed by atoms with Crippen molar-refractivity contribution in [3.05, 3.63) is 21.7 Å². The number of hydrogen-bond donors (Lipinski definition) is 2. The molecule has 5 heteroatoms. The van der Waals surface area contributed by atoms with Crippen molar-refractivity contribution in [2.45, 2.75) is 32.8 Å². The number of fused-ring (bicyclic) bond motifs is 1. The standard InChI is InChI=1S/C11H17N3O2/c1-3-16-7(2)9-13-10-8(11(15)14-9)5-4-6-12-10/h7H,3-6H2,1-2H3,(H2,12,13,14,15). The minimum Gasteiger partial charge on any atom is -0.371 e. The highest BCUT2D eigenvalue weighted by Gasteiger charge is 2.17. The monoisotopic (exact) mass is 223 g/mol. The molecule has 0 aliphatic carbocycles. The van der Waals surface area contributed by atoms with Gasteiger partial charge in [0.25, 0.3) is 5.56 Å². The first-order valence-electron chi connectivity index (χ1n) is 5.71. The lowest BCUT2D eigenvalue weighted by Gasteiger charge is -2.18. The Bertz CT molecular complexity index is 428. The van der Waals surface area contributed by atoms with Gasteiger partial charge >= 0.3 is 0 Å². The highest BCUT2D eigenvalue weighted by atomic mass is 16.5. The lowest BCUT2D eigenvalue weighted by molar-refractivity contribution is 0.0699. The molecular formula is C11H17N3O2. The van der Waals surface area contributed by atoms with Crippen LogP contribution in [0.25, 0.3) is 0 Å². The predicted octanol–water partition coefficient (Wildman–Crippen LogP) is 1.23. The molecule has 1 unspecified atom stereocenters. The number of aromatic amines is 1. The van der Waals surface area contributed by atoms with Gasteiger partial charge in [-0.15, -0.1) is 0 Å². The Morgan fingerprint density at radius 2 is 2.38 bits per heavy atom. The summed E-state index contributed by atoms with van der Waals surface area (Å²) in [5.74, 6) is 1.32. The molecular weight excluding hydrogens is 206 g/mol. The largest absolute Gasteiger partial charge is 0.371 e. The zero-order valence-electron chi connectivity index (χ0n) is 9.67. The summed E-state index contributed by atoms with van der Waals surface area (Å²) in [6.45, 7) is 5.30. The highest BCUT2D eigenvalue weighted by molar-refractivity contribution is 5.45. The predicted molar refractivity (Wildman–Crippen MR) is 61.7 cm³/mol. The molecule has 1 aromatic heterocycles. The number of anilines is 1. The van der Waals surface area contributed by atoms with Gasteiger partial charge in [0.1, 0.15) is 17.7 Å². The minimum atomic E-state index is -0.174. The maximum Gasteiger partial charge on any atom is 0.256 e. The van der Waals surface area contributed by atoms with Crippen LogP contribution in [0.5, 0.6) is 0 Å². The molecule has 0 radical (unpaired) electrons. The molecule has 1 atom stereocenters. The van der Waals surface area contributed by atoms with Crippen molar-refractivity contribution in [1.82, 2.24) is 9.97 Å². The van der Waals surface area contributed by atoms with E-state index in [1.807, 2.05) is 13.8 Å². The summed E-state index contributed by atoms with van der Waals surface area (Å²) in [5, 5.41) is 3.15. The van der Waals surface area contributed by atoms with Gasteiger partial charge in [0.2, 0.25) is 0 Å². The van der Waals surface area contributed by atoms with Crippen molar-refractivity contribution < 1.29 is 4.74 Å². The van der Waals surface area contributed by atoms with Crippen LogP contribution >= 0.6 is 0 Å². The molecule has 1 aromatic rings. The van der Waals surface area contributed by atoms with Crippen LogP contribution in [-0.2, 0) is 11.2 Å². The molecule has 1 aliphatic rings. The van der Waals surface area contributed by atoms with Gasteiger partial charge in [0.05, 0.1) is 5.56 Å². The van der Waals surface area contributed by atoms with Crippen molar-refractivity contribution in [2.24, 2.45) is 0 Å². The molecule has 1 aliphatic heterocycles. The highest BCUT2D eigenvalue weighted by Crippen LogP contribution is 2.18. The third-order valence-electron chi connectivity index (χ3n) is 2.73. The number of ether oxygens (including phenoxy) is 1. The fourth-order valence-electron chi connectivity index (χ4n) is 1.89. The Hall–Kier alpha value is -1.36. The van der Waals surface area contributed by atoms with Crippen LogP contribution in [-0.4, -0.2) is 23.1 Å². The maximum atomic E-state index is 11.8. The average Bonchev–Trinajstić information content (AvgIpc) is 2.29. The van der Waals surface area contributed by atoms with Gasteiger partial charge in [-0.1, -0.05) is 0 Å². The second-order valence-corrected chi connectivity index (χ2v) is 3.91. The summed E-state index contributed by atoms with van der Waals surface area (Å²) in [5.41, 5.74) is 0.720. The van der Waals surface area contributed by atoms with Gasteiger partial charge in [0.15, 0.2) is 0 Å². The molecule has 2 rings (SSSR count). The van der Waals surface area contributed by atoms with Gasteiger partial charge in [-0.05, 0) is 26.7 Å². The molecule has 0 amide bonds. The van der Waals surface area contributed by atoms with Gasteiger partial charge in [-0.25, -0.2) is 4.98 Å². The van der Waals surface area contributed by atoms with Crippen molar-refractivity contribution >= 4 is 5.82 Å². The summed E-state index contributed by atoms with van der Waals surface area (Å²) in [7, 11) is 0. The molecule has 5 nitrogen and oxygen atoms in total. The number of aromatic nitrogens is 2. The molecule has 0 saturated heterocycles. The molecule has 0 fully saturated rings.